The lowest BCUT2D eigenvalue weighted by Crippen LogP contribution is -2.49. The molecule has 0 spiro atoms. The fraction of sp³-hybridized carbons (Fsp3) is 0.733. The summed E-state index contributed by atoms with van der Waals surface area (Å²) in [5, 5.41) is 2.60. The van der Waals surface area contributed by atoms with Crippen LogP contribution in [0, 0.1) is 11.8 Å². The molecule has 0 aromatic carbocycles. The van der Waals surface area contributed by atoms with Crippen molar-refractivity contribution in [3.63, 3.8) is 0 Å². The van der Waals surface area contributed by atoms with Crippen molar-refractivity contribution >= 4 is 12.1 Å². The van der Waals surface area contributed by atoms with E-state index in [1.165, 1.54) is 20.6 Å². The van der Waals surface area contributed by atoms with Gasteiger partial charge in [0.05, 0.1) is 14.2 Å². The molecule has 5 nitrogen and oxygen atoms in total. The molecule has 1 fully saturated rings. The van der Waals surface area contributed by atoms with Gasteiger partial charge in [0.2, 0.25) is 0 Å². The molecule has 1 aliphatic rings. The van der Waals surface area contributed by atoms with Gasteiger partial charge >= 0.3 is 12.1 Å². The molecule has 2 unspecified atom stereocenters. The second-order valence-electron chi connectivity index (χ2n) is 5.41. The minimum absolute atomic E-state index is 0.109. The Morgan fingerprint density at radius 3 is 2.20 bits per heavy atom. The monoisotopic (exact) mass is 283 g/mol. The van der Waals surface area contributed by atoms with Crippen LogP contribution >= 0.6 is 0 Å². The predicted octanol–water partition coefficient (Wildman–Crippen LogP) is 2.66. The molecule has 1 saturated carbocycles. The number of hydrogen-bond acceptors (Lipinski definition) is 4. The zero-order valence-electron chi connectivity index (χ0n) is 12.6. The Labute approximate surface area is 120 Å². The molecule has 1 amide bonds. The zero-order chi connectivity index (χ0) is 15.1. The summed E-state index contributed by atoms with van der Waals surface area (Å²) in [5.41, 5.74) is 0.892. The van der Waals surface area contributed by atoms with Crippen LogP contribution in [-0.2, 0) is 14.3 Å². The molecule has 0 radical (unpaired) electrons. The summed E-state index contributed by atoms with van der Waals surface area (Å²) in [6.07, 6.45) is 5.01. The standard InChI is InChI=1S/C15H25NO4/c1-10(2)12(11-8-6-5-7-9-11)13(14(17)19-3)16-15(18)20-4/h11-13H,1,5-9H2,2-4H3,(H,16,18). The van der Waals surface area contributed by atoms with Crippen molar-refractivity contribution in [2.24, 2.45) is 11.8 Å². The van der Waals surface area contributed by atoms with E-state index in [-0.39, 0.29) is 5.92 Å². The number of ether oxygens (including phenoxy) is 2. The van der Waals surface area contributed by atoms with Gasteiger partial charge in [0.25, 0.3) is 0 Å². The highest BCUT2D eigenvalue weighted by Gasteiger charge is 2.37. The van der Waals surface area contributed by atoms with E-state index in [0.29, 0.717) is 5.92 Å². The predicted molar refractivity (Wildman–Crippen MR) is 76.2 cm³/mol. The summed E-state index contributed by atoms with van der Waals surface area (Å²) >= 11 is 0. The van der Waals surface area contributed by atoms with E-state index in [4.69, 9.17) is 4.74 Å². The van der Waals surface area contributed by atoms with Crippen LogP contribution in [0.3, 0.4) is 0 Å². The molecule has 0 saturated heterocycles. The van der Waals surface area contributed by atoms with Gasteiger partial charge < -0.3 is 14.8 Å². The number of nitrogens with one attached hydrogen (secondary N) is 1. The Bertz CT molecular complexity index is 361. The summed E-state index contributed by atoms with van der Waals surface area (Å²) in [6, 6.07) is -0.729. The summed E-state index contributed by atoms with van der Waals surface area (Å²) < 4.78 is 9.43. The third-order valence-electron chi connectivity index (χ3n) is 4.00. The molecule has 2 atom stereocenters. The quantitative estimate of drug-likeness (QED) is 0.622. The van der Waals surface area contributed by atoms with E-state index in [2.05, 4.69) is 16.6 Å². The highest BCUT2D eigenvalue weighted by atomic mass is 16.5. The van der Waals surface area contributed by atoms with Gasteiger partial charge in [-0.25, -0.2) is 9.59 Å². The van der Waals surface area contributed by atoms with Crippen LogP contribution in [0.1, 0.15) is 39.0 Å². The first-order valence-corrected chi connectivity index (χ1v) is 7.09. The molecule has 20 heavy (non-hydrogen) atoms. The number of methoxy groups -OCH3 is 2. The van der Waals surface area contributed by atoms with Gasteiger partial charge in [-0.15, -0.1) is 0 Å². The minimum atomic E-state index is -0.729. The second-order valence-corrected chi connectivity index (χ2v) is 5.41. The molecule has 0 aromatic rings. The van der Waals surface area contributed by atoms with Crippen molar-refractivity contribution in [1.82, 2.24) is 5.32 Å². The molecule has 0 aliphatic heterocycles. The van der Waals surface area contributed by atoms with Crippen molar-refractivity contribution in [2.75, 3.05) is 14.2 Å². The van der Waals surface area contributed by atoms with Crippen molar-refractivity contribution in [2.45, 2.75) is 45.1 Å². The molecular formula is C15H25NO4. The molecule has 114 valence electrons. The van der Waals surface area contributed by atoms with E-state index in [0.717, 1.165) is 31.3 Å². The summed E-state index contributed by atoms with van der Waals surface area (Å²) in [7, 11) is 2.60. The Hall–Kier alpha value is -1.52. The van der Waals surface area contributed by atoms with Crippen LogP contribution in [0.4, 0.5) is 4.79 Å². The third kappa shape index (κ3) is 4.25. The normalized spacial score (nSPS) is 18.8. The maximum absolute atomic E-state index is 12.0. The van der Waals surface area contributed by atoms with E-state index < -0.39 is 18.1 Å². The van der Waals surface area contributed by atoms with Crippen LogP contribution in [0.2, 0.25) is 0 Å². The number of alkyl carbamates (subject to hydrolysis) is 1. The smallest absolute Gasteiger partial charge is 0.407 e. The van der Waals surface area contributed by atoms with Gasteiger partial charge in [-0.1, -0.05) is 31.4 Å². The van der Waals surface area contributed by atoms with Gasteiger partial charge in [0, 0.05) is 5.92 Å². The molecule has 1 rings (SSSR count). The number of carbonyl (C=O) groups is 2. The summed E-state index contributed by atoms with van der Waals surface area (Å²) in [5.74, 6) is -0.210. The first kappa shape index (κ1) is 16.5. The van der Waals surface area contributed by atoms with Crippen LogP contribution in [-0.4, -0.2) is 32.3 Å². The average molecular weight is 283 g/mol. The fourth-order valence-corrected chi connectivity index (χ4v) is 3.06. The van der Waals surface area contributed by atoms with Gasteiger partial charge in [0.1, 0.15) is 6.04 Å². The maximum Gasteiger partial charge on any atom is 0.407 e. The number of hydrogen-bond donors (Lipinski definition) is 1. The Balaban J connectivity index is 2.93. The van der Waals surface area contributed by atoms with Gasteiger partial charge in [-0.3, -0.25) is 0 Å². The summed E-state index contributed by atoms with van der Waals surface area (Å²) in [6.45, 7) is 5.90. The van der Waals surface area contributed by atoms with Crippen molar-refractivity contribution in [1.29, 1.82) is 0 Å². The molecule has 0 aromatic heterocycles. The lowest BCUT2D eigenvalue weighted by atomic mass is 9.73. The first-order valence-electron chi connectivity index (χ1n) is 7.09. The zero-order valence-corrected chi connectivity index (χ0v) is 12.6. The number of amides is 1. The molecule has 1 aliphatic carbocycles. The van der Waals surface area contributed by atoms with Gasteiger partial charge in [-0.2, -0.15) is 0 Å². The Kier molecular flexibility index (Phi) is 6.55. The minimum Gasteiger partial charge on any atom is -0.467 e. The second kappa shape index (κ2) is 7.92. The lowest BCUT2D eigenvalue weighted by Gasteiger charge is -2.35. The van der Waals surface area contributed by atoms with Crippen molar-refractivity contribution < 1.29 is 19.1 Å². The van der Waals surface area contributed by atoms with Crippen molar-refractivity contribution in [3.05, 3.63) is 12.2 Å². The molecule has 5 heteroatoms. The summed E-state index contributed by atoms with van der Waals surface area (Å²) in [4.78, 5) is 23.5. The first-order chi connectivity index (χ1) is 9.51. The van der Waals surface area contributed by atoms with E-state index >= 15 is 0 Å². The SMILES string of the molecule is C=C(C)C(C1CCCCC1)C(NC(=O)OC)C(=O)OC. The number of rotatable bonds is 5. The average Bonchev–Trinajstić information content (AvgIpc) is 2.46. The Morgan fingerprint density at radius 2 is 1.75 bits per heavy atom. The molecule has 0 heterocycles. The van der Waals surface area contributed by atoms with E-state index in [9.17, 15) is 9.59 Å². The highest BCUT2D eigenvalue weighted by Crippen LogP contribution is 2.35. The number of esters is 1. The van der Waals surface area contributed by atoms with Crippen LogP contribution in [0.15, 0.2) is 12.2 Å². The Morgan fingerprint density at radius 1 is 1.15 bits per heavy atom. The molecular weight excluding hydrogens is 258 g/mol. The van der Waals surface area contributed by atoms with Gasteiger partial charge in [-0.05, 0) is 25.7 Å². The topological polar surface area (TPSA) is 64.6 Å². The highest BCUT2D eigenvalue weighted by molar-refractivity contribution is 5.82. The molecule has 0 bridgehead atoms. The third-order valence-corrected chi connectivity index (χ3v) is 4.00. The number of carbonyl (C=O) groups excluding carboxylic acids is 2. The van der Waals surface area contributed by atoms with Crippen molar-refractivity contribution in [3.8, 4) is 0 Å². The largest absolute Gasteiger partial charge is 0.467 e. The fourth-order valence-electron chi connectivity index (χ4n) is 3.06. The lowest BCUT2D eigenvalue weighted by molar-refractivity contribution is -0.144. The van der Waals surface area contributed by atoms with E-state index in [1.54, 1.807) is 0 Å². The van der Waals surface area contributed by atoms with Crippen LogP contribution in [0.25, 0.3) is 0 Å². The van der Waals surface area contributed by atoms with Gasteiger partial charge in [0.15, 0.2) is 0 Å². The maximum atomic E-state index is 12.0. The van der Waals surface area contributed by atoms with E-state index in [1.807, 2.05) is 6.92 Å². The van der Waals surface area contributed by atoms with Crippen LogP contribution in [0.5, 0.6) is 0 Å². The van der Waals surface area contributed by atoms with Crippen LogP contribution < -0.4 is 5.32 Å². The molecule has 1 N–H and O–H groups in total.